The van der Waals surface area contributed by atoms with Crippen molar-refractivity contribution in [2.75, 3.05) is 0 Å². The van der Waals surface area contributed by atoms with Crippen LogP contribution >= 0.6 is 10.0 Å². The van der Waals surface area contributed by atoms with Crippen molar-refractivity contribution >= 4 is 31.8 Å². The third-order valence-electron chi connectivity index (χ3n) is 8.41. The molecule has 2 nitrogen and oxygen atoms in total. The minimum atomic E-state index is -1.78. The summed E-state index contributed by atoms with van der Waals surface area (Å²) in [4.78, 5) is 5.30. The van der Waals surface area contributed by atoms with Gasteiger partial charge >= 0.3 is 0 Å². The van der Waals surface area contributed by atoms with Crippen molar-refractivity contribution in [2.45, 2.75) is 45.9 Å². The normalized spacial score (nSPS) is 12.6. The highest BCUT2D eigenvalue weighted by Crippen LogP contribution is 2.73. The zero-order valence-electron chi connectivity index (χ0n) is 24.9. The van der Waals surface area contributed by atoms with Crippen molar-refractivity contribution in [2.24, 2.45) is 5.73 Å². The lowest BCUT2D eigenvalue weighted by molar-refractivity contribution is 0.554. The van der Waals surface area contributed by atoms with Crippen LogP contribution < -0.4 is 5.73 Å². The molecule has 0 saturated heterocycles. The highest BCUT2D eigenvalue weighted by atomic mass is 32.3. The van der Waals surface area contributed by atoms with Gasteiger partial charge in [-0.3, -0.25) is 0 Å². The van der Waals surface area contributed by atoms with Crippen molar-refractivity contribution in [1.82, 2.24) is 4.57 Å². The summed E-state index contributed by atoms with van der Waals surface area (Å²) in [5.74, 6) is 0. The SMILES string of the molecule is Cc1ccc2c(c1)c1cc(S(c3ccccc3)(c3ccccc3)c3ccccc3)ccc1n2-c1ccc(C(C)(C)N)cc1. The van der Waals surface area contributed by atoms with Gasteiger partial charge in [0.25, 0.3) is 0 Å². The standard InChI is InChI=1S/C40H36N2S/c1-29-19-25-38-36(27-29)37-28-35(24-26-39(37)42(38)31-22-20-30(21-23-31)40(2,3)41)43(32-13-7-4-8-14-32,33-15-9-5-10-16-33)34-17-11-6-12-18-34/h4-28H,41H2,1-3H3. The predicted molar refractivity (Wildman–Crippen MR) is 183 cm³/mol. The van der Waals surface area contributed by atoms with Gasteiger partial charge in [-0.2, -0.15) is 0 Å². The second-order valence-electron chi connectivity index (χ2n) is 11.9. The van der Waals surface area contributed by atoms with E-state index in [1.165, 1.54) is 47.0 Å². The molecule has 0 fully saturated rings. The van der Waals surface area contributed by atoms with Crippen LogP contribution in [0.3, 0.4) is 0 Å². The summed E-state index contributed by atoms with van der Waals surface area (Å²) in [6, 6.07) is 55.8. The second kappa shape index (κ2) is 10.6. The van der Waals surface area contributed by atoms with Crippen LogP contribution in [0.2, 0.25) is 0 Å². The molecule has 0 bridgehead atoms. The third kappa shape index (κ3) is 4.57. The smallest absolute Gasteiger partial charge is 0.0541 e. The first-order valence-corrected chi connectivity index (χ1v) is 16.4. The lowest BCUT2D eigenvalue weighted by Crippen LogP contribution is -2.28. The summed E-state index contributed by atoms with van der Waals surface area (Å²) in [7, 11) is -1.78. The fourth-order valence-electron chi connectivity index (χ4n) is 6.32. The topological polar surface area (TPSA) is 30.9 Å². The molecule has 1 heterocycles. The van der Waals surface area contributed by atoms with Crippen LogP contribution in [-0.4, -0.2) is 4.57 Å². The first kappa shape index (κ1) is 27.3. The van der Waals surface area contributed by atoms with E-state index in [-0.39, 0.29) is 5.54 Å². The summed E-state index contributed by atoms with van der Waals surface area (Å²) in [5.41, 5.74) is 12.0. The largest absolute Gasteiger partial charge is 0.322 e. The Morgan fingerprint density at radius 3 is 1.47 bits per heavy atom. The highest BCUT2D eigenvalue weighted by Gasteiger charge is 2.33. The fraction of sp³-hybridized carbons (Fsp3) is 0.100. The van der Waals surface area contributed by atoms with E-state index in [0.29, 0.717) is 0 Å². The summed E-state index contributed by atoms with van der Waals surface area (Å²) in [5, 5.41) is 2.53. The van der Waals surface area contributed by atoms with Gasteiger partial charge in [0, 0.05) is 41.6 Å². The molecular weight excluding hydrogens is 541 g/mol. The van der Waals surface area contributed by atoms with Gasteiger partial charge in [0.15, 0.2) is 0 Å². The predicted octanol–water partition coefficient (Wildman–Crippen LogP) is 10.6. The Morgan fingerprint density at radius 1 is 0.512 bits per heavy atom. The molecule has 0 unspecified atom stereocenters. The van der Waals surface area contributed by atoms with Crippen LogP contribution in [0.1, 0.15) is 25.0 Å². The van der Waals surface area contributed by atoms with Crippen molar-refractivity contribution in [3.8, 4) is 5.69 Å². The number of hydrogen-bond donors (Lipinski definition) is 1. The van der Waals surface area contributed by atoms with Gasteiger partial charge in [0.1, 0.15) is 0 Å². The number of benzene rings is 6. The molecule has 0 spiro atoms. The molecule has 1 aromatic heterocycles. The molecule has 7 rings (SSSR count). The summed E-state index contributed by atoms with van der Waals surface area (Å²) < 4.78 is 2.39. The monoisotopic (exact) mass is 576 g/mol. The number of fused-ring (bicyclic) bond motifs is 3. The van der Waals surface area contributed by atoms with Crippen molar-refractivity contribution in [1.29, 1.82) is 0 Å². The minimum Gasteiger partial charge on any atom is -0.322 e. The molecule has 212 valence electrons. The van der Waals surface area contributed by atoms with Gasteiger partial charge in [-0.05, 0) is 105 Å². The molecule has 2 N–H and O–H groups in total. The van der Waals surface area contributed by atoms with E-state index in [9.17, 15) is 0 Å². The quantitative estimate of drug-likeness (QED) is 0.210. The molecule has 7 aromatic rings. The average Bonchev–Trinajstić information content (AvgIpc) is 3.35. The van der Waals surface area contributed by atoms with Crippen LogP contribution in [0.15, 0.2) is 171 Å². The number of rotatable bonds is 6. The Balaban J connectivity index is 1.56. The maximum absolute atomic E-state index is 6.42. The molecular formula is C40H36N2S. The van der Waals surface area contributed by atoms with Gasteiger partial charge < -0.3 is 10.3 Å². The first-order valence-electron chi connectivity index (χ1n) is 14.8. The van der Waals surface area contributed by atoms with Crippen LogP contribution in [0.4, 0.5) is 0 Å². The van der Waals surface area contributed by atoms with E-state index in [4.69, 9.17) is 5.73 Å². The summed E-state index contributed by atoms with van der Waals surface area (Å²) in [6.45, 7) is 6.28. The number of aryl methyl sites for hydroxylation is 1. The van der Waals surface area contributed by atoms with Gasteiger partial charge in [-0.15, -0.1) is 10.0 Å². The van der Waals surface area contributed by atoms with Crippen LogP contribution in [0.25, 0.3) is 27.5 Å². The van der Waals surface area contributed by atoms with Crippen LogP contribution in [0, 0.1) is 6.92 Å². The molecule has 0 aliphatic rings. The average molecular weight is 577 g/mol. The molecule has 0 saturated carbocycles. The third-order valence-corrected chi connectivity index (χ3v) is 12.3. The van der Waals surface area contributed by atoms with Crippen molar-refractivity contribution in [3.05, 3.63) is 163 Å². The Morgan fingerprint density at radius 2 is 0.977 bits per heavy atom. The van der Waals surface area contributed by atoms with E-state index >= 15 is 0 Å². The summed E-state index contributed by atoms with van der Waals surface area (Å²) in [6.07, 6.45) is 0. The van der Waals surface area contributed by atoms with E-state index in [0.717, 1.165) is 11.3 Å². The van der Waals surface area contributed by atoms with Crippen LogP contribution in [0.5, 0.6) is 0 Å². The number of aromatic nitrogens is 1. The molecule has 0 aliphatic heterocycles. The molecule has 0 radical (unpaired) electrons. The lowest BCUT2D eigenvalue weighted by atomic mass is 9.95. The van der Waals surface area contributed by atoms with E-state index in [2.05, 4.69) is 163 Å². The Labute approximate surface area is 255 Å². The van der Waals surface area contributed by atoms with Gasteiger partial charge in [-0.25, -0.2) is 0 Å². The summed E-state index contributed by atoms with van der Waals surface area (Å²) >= 11 is 0. The van der Waals surface area contributed by atoms with Crippen LogP contribution in [-0.2, 0) is 5.54 Å². The van der Waals surface area contributed by atoms with Gasteiger partial charge in [0.2, 0.25) is 0 Å². The Hall–Kier alpha value is -4.57. The van der Waals surface area contributed by atoms with E-state index < -0.39 is 10.0 Å². The maximum atomic E-state index is 6.42. The van der Waals surface area contributed by atoms with E-state index in [1.807, 2.05) is 13.8 Å². The first-order chi connectivity index (χ1) is 20.9. The zero-order chi connectivity index (χ0) is 29.6. The molecule has 43 heavy (non-hydrogen) atoms. The minimum absolute atomic E-state index is 0.385. The molecule has 0 amide bonds. The zero-order valence-corrected chi connectivity index (χ0v) is 25.7. The molecule has 3 heteroatoms. The van der Waals surface area contributed by atoms with Gasteiger partial charge in [0.05, 0.1) is 11.0 Å². The lowest BCUT2D eigenvalue weighted by Gasteiger charge is -2.42. The number of hydrogen-bond acceptors (Lipinski definition) is 1. The Kier molecular flexibility index (Phi) is 6.73. The molecule has 0 atom stereocenters. The van der Waals surface area contributed by atoms with Crippen molar-refractivity contribution < 1.29 is 0 Å². The number of nitrogens with two attached hydrogens (primary N) is 1. The molecule has 0 aliphatic carbocycles. The highest BCUT2D eigenvalue weighted by molar-refractivity contribution is 8.34. The van der Waals surface area contributed by atoms with Gasteiger partial charge in [-0.1, -0.05) is 78.4 Å². The second-order valence-corrected chi connectivity index (χ2v) is 15.0. The van der Waals surface area contributed by atoms with Crippen molar-refractivity contribution in [3.63, 3.8) is 0 Å². The maximum Gasteiger partial charge on any atom is 0.0541 e. The van der Waals surface area contributed by atoms with E-state index in [1.54, 1.807) is 0 Å². The fourth-order valence-corrected chi connectivity index (χ4v) is 10.2. The number of nitrogens with zero attached hydrogens (tertiary/aromatic N) is 1. The Bertz CT molecular complexity index is 1940. The molecule has 6 aromatic carbocycles.